The molecule has 2 N–H and O–H groups in total. The van der Waals surface area contributed by atoms with E-state index in [4.69, 9.17) is 24.7 Å². The van der Waals surface area contributed by atoms with Crippen LogP contribution in [0, 0.1) is 0 Å². The highest BCUT2D eigenvalue weighted by Crippen LogP contribution is 2.31. The van der Waals surface area contributed by atoms with Crippen molar-refractivity contribution in [3.8, 4) is 11.5 Å². The molecule has 0 fully saturated rings. The number of carbonyl (C=O) groups excluding carboxylic acids is 4. The van der Waals surface area contributed by atoms with Crippen LogP contribution in [0.1, 0.15) is 58.4 Å². The van der Waals surface area contributed by atoms with E-state index in [0.29, 0.717) is 12.0 Å². The minimum absolute atomic E-state index is 0.0175. The van der Waals surface area contributed by atoms with Gasteiger partial charge in [0.25, 0.3) is 0 Å². The monoisotopic (exact) mass is 437 g/mol. The summed E-state index contributed by atoms with van der Waals surface area (Å²) in [6.07, 6.45) is 1.25. The molecule has 0 unspecified atom stereocenters. The summed E-state index contributed by atoms with van der Waals surface area (Å²) in [6.45, 7) is 5.08. The van der Waals surface area contributed by atoms with Gasteiger partial charge < -0.3 is 24.7 Å². The molecular formula is C22H31NO8. The summed E-state index contributed by atoms with van der Waals surface area (Å²) in [5.74, 6) is -1.91. The highest BCUT2D eigenvalue weighted by Gasteiger charge is 2.36. The average molecular weight is 437 g/mol. The molecule has 0 spiro atoms. The molecule has 1 rings (SSSR count). The molecule has 0 heterocycles. The second-order valence-corrected chi connectivity index (χ2v) is 6.98. The molecule has 0 bridgehead atoms. The van der Waals surface area contributed by atoms with E-state index in [0.717, 1.165) is 0 Å². The Balaban J connectivity index is 3.10. The van der Waals surface area contributed by atoms with Gasteiger partial charge in [-0.3, -0.25) is 19.2 Å². The largest absolute Gasteiger partial charge is 0.468 e. The van der Waals surface area contributed by atoms with Crippen molar-refractivity contribution in [3.63, 3.8) is 0 Å². The van der Waals surface area contributed by atoms with Crippen molar-refractivity contribution in [2.45, 2.75) is 64.8 Å². The summed E-state index contributed by atoms with van der Waals surface area (Å²) >= 11 is 0. The van der Waals surface area contributed by atoms with Gasteiger partial charge in [0, 0.05) is 32.1 Å². The zero-order valence-corrected chi connectivity index (χ0v) is 18.5. The summed E-state index contributed by atoms with van der Waals surface area (Å²) in [5.41, 5.74) is 5.37. The van der Waals surface area contributed by atoms with Crippen molar-refractivity contribution in [1.29, 1.82) is 0 Å². The van der Waals surface area contributed by atoms with Crippen LogP contribution >= 0.6 is 0 Å². The Morgan fingerprint density at radius 3 is 2.10 bits per heavy atom. The fourth-order valence-electron chi connectivity index (χ4n) is 2.67. The van der Waals surface area contributed by atoms with E-state index in [1.807, 2.05) is 6.92 Å². The molecule has 31 heavy (non-hydrogen) atoms. The van der Waals surface area contributed by atoms with Crippen LogP contribution < -0.4 is 15.2 Å². The van der Waals surface area contributed by atoms with Crippen molar-refractivity contribution >= 4 is 23.9 Å². The third kappa shape index (κ3) is 8.37. The van der Waals surface area contributed by atoms with Crippen molar-refractivity contribution in [3.05, 3.63) is 23.8 Å². The van der Waals surface area contributed by atoms with Crippen molar-refractivity contribution in [2.75, 3.05) is 13.7 Å². The van der Waals surface area contributed by atoms with Gasteiger partial charge in [-0.1, -0.05) is 26.8 Å². The standard InChI is InChI=1S/C22H31NO8/c1-5-8-20(26)29-12-11-22(23,21(27)28-4)14-15-9-10-16(30-18(24)6-2)17(13-15)31-19(25)7-3/h9-10,13H,5-8,11-12,14,23H2,1-4H3/t22-/m1/s1. The molecule has 9 heteroatoms. The molecule has 0 aliphatic heterocycles. The van der Waals surface area contributed by atoms with Gasteiger partial charge in [-0.2, -0.15) is 0 Å². The molecule has 0 aliphatic carbocycles. The van der Waals surface area contributed by atoms with Gasteiger partial charge in [0.05, 0.1) is 13.7 Å². The summed E-state index contributed by atoms with van der Waals surface area (Å²) in [7, 11) is 1.22. The van der Waals surface area contributed by atoms with Crippen LogP contribution in [0.3, 0.4) is 0 Å². The van der Waals surface area contributed by atoms with E-state index in [9.17, 15) is 19.2 Å². The highest BCUT2D eigenvalue weighted by molar-refractivity contribution is 5.81. The minimum atomic E-state index is -1.48. The van der Waals surface area contributed by atoms with Crippen LogP contribution in [0.4, 0.5) is 0 Å². The summed E-state index contributed by atoms with van der Waals surface area (Å²) in [5, 5.41) is 0. The van der Waals surface area contributed by atoms with Gasteiger partial charge in [-0.05, 0) is 24.1 Å². The zero-order chi connectivity index (χ0) is 23.4. The molecule has 0 saturated carbocycles. The van der Waals surface area contributed by atoms with Gasteiger partial charge >= 0.3 is 23.9 Å². The Bertz CT molecular complexity index is 792. The number of hydrogen-bond acceptors (Lipinski definition) is 9. The second kappa shape index (κ2) is 12.7. The van der Waals surface area contributed by atoms with E-state index in [1.165, 1.54) is 19.2 Å². The Morgan fingerprint density at radius 1 is 0.935 bits per heavy atom. The summed E-state index contributed by atoms with van der Waals surface area (Å²) < 4.78 is 20.5. The topological polar surface area (TPSA) is 131 Å². The van der Waals surface area contributed by atoms with E-state index in [1.54, 1.807) is 19.9 Å². The molecule has 1 aromatic carbocycles. The number of ether oxygens (including phenoxy) is 4. The predicted molar refractivity (Wildman–Crippen MR) is 111 cm³/mol. The number of carbonyl (C=O) groups is 4. The zero-order valence-electron chi connectivity index (χ0n) is 18.5. The maximum absolute atomic E-state index is 12.4. The highest BCUT2D eigenvalue weighted by atomic mass is 16.6. The number of hydrogen-bond donors (Lipinski definition) is 1. The van der Waals surface area contributed by atoms with Gasteiger partial charge in [0.2, 0.25) is 0 Å². The Morgan fingerprint density at radius 2 is 1.55 bits per heavy atom. The minimum Gasteiger partial charge on any atom is -0.468 e. The maximum atomic E-state index is 12.4. The first-order chi connectivity index (χ1) is 14.7. The fourth-order valence-corrected chi connectivity index (χ4v) is 2.67. The second-order valence-electron chi connectivity index (χ2n) is 6.98. The lowest BCUT2D eigenvalue weighted by molar-refractivity contribution is -0.151. The quantitative estimate of drug-likeness (QED) is 0.387. The lowest BCUT2D eigenvalue weighted by Gasteiger charge is -2.26. The molecule has 172 valence electrons. The van der Waals surface area contributed by atoms with Crippen LogP contribution in [0.5, 0.6) is 11.5 Å². The Kier molecular flexibility index (Phi) is 10.7. The van der Waals surface area contributed by atoms with Crippen LogP contribution in [0.25, 0.3) is 0 Å². The first-order valence-corrected chi connectivity index (χ1v) is 10.3. The fraction of sp³-hybridized carbons (Fsp3) is 0.545. The number of esters is 4. The van der Waals surface area contributed by atoms with Gasteiger partial charge in [0.15, 0.2) is 11.5 Å². The molecule has 1 atom stereocenters. The molecule has 0 aliphatic rings. The molecular weight excluding hydrogens is 406 g/mol. The van der Waals surface area contributed by atoms with Crippen molar-refractivity contribution < 1.29 is 38.1 Å². The van der Waals surface area contributed by atoms with E-state index in [2.05, 4.69) is 0 Å². The normalized spacial score (nSPS) is 12.4. The lowest BCUT2D eigenvalue weighted by atomic mass is 9.88. The summed E-state index contributed by atoms with van der Waals surface area (Å²) in [6, 6.07) is 4.56. The van der Waals surface area contributed by atoms with Crippen LogP contribution in [0.2, 0.25) is 0 Å². The number of rotatable bonds is 12. The summed E-state index contributed by atoms with van der Waals surface area (Å²) in [4.78, 5) is 47.4. The van der Waals surface area contributed by atoms with Crippen molar-refractivity contribution in [2.24, 2.45) is 5.73 Å². The van der Waals surface area contributed by atoms with E-state index in [-0.39, 0.29) is 56.2 Å². The lowest BCUT2D eigenvalue weighted by Crippen LogP contribution is -2.51. The van der Waals surface area contributed by atoms with Gasteiger partial charge in [0.1, 0.15) is 5.54 Å². The smallest absolute Gasteiger partial charge is 0.326 e. The Labute approximate surface area is 182 Å². The third-order valence-corrected chi connectivity index (χ3v) is 4.41. The van der Waals surface area contributed by atoms with E-state index >= 15 is 0 Å². The molecule has 9 nitrogen and oxygen atoms in total. The first-order valence-electron chi connectivity index (χ1n) is 10.3. The van der Waals surface area contributed by atoms with Crippen molar-refractivity contribution in [1.82, 2.24) is 0 Å². The predicted octanol–water partition coefficient (Wildman–Crippen LogP) is 2.46. The molecule has 1 aromatic rings. The average Bonchev–Trinajstić information content (AvgIpc) is 2.74. The number of methoxy groups -OCH3 is 1. The van der Waals surface area contributed by atoms with Crippen LogP contribution in [-0.4, -0.2) is 43.1 Å². The maximum Gasteiger partial charge on any atom is 0.326 e. The molecule has 0 aromatic heterocycles. The number of nitrogens with two attached hydrogens (primary N) is 1. The third-order valence-electron chi connectivity index (χ3n) is 4.41. The first kappa shape index (κ1) is 26.1. The number of benzene rings is 1. The van der Waals surface area contributed by atoms with E-state index < -0.39 is 23.4 Å². The SMILES string of the molecule is CCCC(=O)OCC[C@@](N)(Cc1ccc(OC(=O)CC)c(OC(=O)CC)c1)C(=O)OC. The molecule has 0 radical (unpaired) electrons. The van der Waals surface area contributed by atoms with Gasteiger partial charge in [-0.25, -0.2) is 0 Å². The van der Waals surface area contributed by atoms with Crippen LogP contribution in [-0.2, 0) is 35.1 Å². The molecule has 0 saturated heterocycles. The Hall–Kier alpha value is -2.94. The molecule has 0 amide bonds. The van der Waals surface area contributed by atoms with Gasteiger partial charge in [-0.15, -0.1) is 0 Å². The van der Waals surface area contributed by atoms with Crippen LogP contribution in [0.15, 0.2) is 18.2 Å².